The first-order chi connectivity index (χ1) is 10.0. The molecule has 5 heteroatoms. The zero-order chi connectivity index (χ0) is 15.4. The summed E-state index contributed by atoms with van der Waals surface area (Å²) in [5.74, 6) is 1.05. The molecular formula is C16H15BrClFO2. The molecule has 0 aliphatic rings. The summed E-state index contributed by atoms with van der Waals surface area (Å²) >= 11 is 9.79. The number of methoxy groups -OCH3 is 2. The first kappa shape index (κ1) is 16.1. The second-order valence-corrected chi connectivity index (χ2v) is 5.91. The molecule has 0 amide bonds. The Morgan fingerprint density at radius 3 is 2.43 bits per heavy atom. The van der Waals surface area contributed by atoms with Crippen LogP contribution in [0.2, 0.25) is 0 Å². The SMILES string of the molecule is COc1ccc(CC(Cl)c2ccc(F)cc2Br)cc1OC. The van der Waals surface area contributed by atoms with E-state index in [0.29, 0.717) is 22.4 Å². The summed E-state index contributed by atoms with van der Waals surface area (Å²) in [7, 11) is 3.19. The van der Waals surface area contributed by atoms with E-state index in [-0.39, 0.29) is 11.2 Å². The van der Waals surface area contributed by atoms with Gasteiger partial charge in [0.25, 0.3) is 0 Å². The van der Waals surface area contributed by atoms with Crippen molar-refractivity contribution in [3.05, 3.63) is 57.8 Å². The van der Waals surface area contributed by atoms with E-state index in [1.54, 1.807) is 20.3 Å². The summed E-state index contributed by atoms with van der Waals surface area (Å²) in [5.41, 5.74) is 1.87. The zero-order valence-electron chi connectivity index (χ0n) is 11.7. The molecule has 0 spiro atoms. The number of halogens is 3. The minimum atomic E-state index is -0.291. The third kappa shape index (κ3) is 3.89. The fourth-order valence-corrected chi connectivity index (χ4v) is 3.21. The molecule has 0 bridgehead atoms. The molecule has 0 saturated carbocycles. The topological polar surface area (TPSA) is 18.5 Å². The normalized spacial score (nSPS) is 12.0. The van der Waals surface area contributed by atoms with Gasteiger partial charge >= 0.3 is 0 Å². The Labute approximate surface area is 137 Å². The lowest BCUT2D eigenvalue weighted by molar-refractivity contribution is 0.354. The van der Waals surface area contributed by atoms with Crippen molar-refractivity contribution in [3.63, 3.8) is 0 Å². The van der Waals surface area contributed by atoms with Gasteiger partial charge in [-0.15, -0.1) is 11.6 Å². The molecule has 0 aromatic heterocycles. The maximum absolute atomic E-state index is 13.1. The van der Waals surface area contributed by atoms with Crippen LogP contribution in [0.4, 0.5) is 4.39 Å². The molecule has 2 nitrogen and oxygen atoms in total. The Morgan fingerprint density at radius 1 is 1.10 bits per heavy atom. The van der Waals surface area contributed by atoms with Crippen LogP contribution in [-0.2, 0) is 6.42 Å². The number of alkyl halides is 1. The molecule has 0 aliphatic heterocycles. The van der Waals surface area contributed by atoms with E-state index >= 15 is 0 Å². The van der Waals surface area contributed by atoms with Crippen molar-refractivity contribution in [2.24, 2.45) is 0 Å². The predicted molar refractivity (Wildman–Crippen MR) is 85.9 cm³/mol. The lowest BCUT2D eigenvalue weighted by Gasteiger charge is -2.14. The van der Waals surface area contributed by atoms with Gasteiger partial charge in [-0.1, -0.05) is 28.1 Å². The second-order valence-electron chi connectivity index (χ2n) is 4.53. The van der Waals surface area contributed by atoms with Gasteiger partial charge in [-0.2, -0.15) is 0 Å². The maximum Gasteiger partial charge on any atom is 0.160 e. The summed E-state index contributed by atoms with van der Waals surface area (Å²) in [6.07, 6.45) is 0.603. The van der Waals surface area contributed by atoms with Gasteiger partial charge in [-0.25, -0.2) is 4.39 Å². The van der Waals surface area contributed by atoms with Gasteiger partial charge in [-0.05, 0) is 41.8 Å². The van der Waals surface area contributed by atoms with Gasteiger partial charge in [-0.3, -0.25) is 0 Å². The van der Waals surface area contributed by atoms with Gasteiger partial charge in [0.1, 0.15) is 5.82 Å². The standard InChI is InChI=1S/C16H15BrClFO2/c1-20-15-6-3-10(8-16(15)21-2)7-14(18)12-5-4-11(19)9-13(12)17/h3-6,8-9,14H,7H2,1-2H3. The van der Waals surface area contributed by atoms with Crippen LogP contribution in [-0.4, -0.2) is 14.2 Å². The lowest BCUT2D eigenvalue weighted by Crippen LogP contribution is -1.99. The van der Waals surface area contributed by atoms with Crippen LogP contribution < -0.4 is 9.47 Å². The highest BCUT2D eigenvalue weighted by molar-refractivity contribution is 9.10. The fraction of sp³-hybridized carbons (Fsp3) is 0.250. The van der Waals surface area contributed by atoms with Gasteiger partial charge in [0.2, 0.25) is 0 Å². The maximum atomic E-state index is 13.1. The summed E-state index contributed by atoms with van der Waals surface area (Å²) in [5, 5.41) is -0.266. The second kappa shape index (κ2) is 7.14. The molecule has 2 aromatic carbocycles. The number of hydrogen-bond acceptors (Lipinski definition) is 2. The number of rotatable bonds is 5. The molecule has 2 rings (SSSR count). The van der Waals surface area contributed by atoms with E-state index < -0.39 is 0 Å². The van der Waals surface area contributed by atoms with E-state index in [9.17, 15) is 4.39 Å². The Morgan fingerprint density at radius 2 is 1.81 bits per heavy atom. The van der Waals surface area contributed by atoms with E-state index in [4.69, 9.17) is 21.1 Å². The summed E-state index contributed by atoms with van der Waals surface area (Å²) in [6.45, 7) is 0. The molecule has 1 atom stereocenters. The first-order valence-corrected chi connectivity index (χ1v) is 7.58. The number of hydrogen-bond donors (Lipinski definition) is 0. The van der Waals surface area contributed by atoms with Gasteiger partial charge in [0, 0.05) is 4.47 Å². The zero-order valence-corrected chi connectivity index (χ0v) is 14.0. The average Bonchev–Trinajstić information content (AvgIpc) is 2.46. The van der Waals surface area contributed by atoms with Crippen LogP contribution in [0.3, 0.4) is 0 Å². The molecule has 112 valence electrons. The Hall–Kier alpha value is -1.26. The highest BCUT2D eigenvalue weighted by atomic mass is 79.9. The van der Waals surface area contributed by atoms with Crippen molar-refractivity contribution in [2.75, 3.05) is 14.2 Å². The molecule has 0 heterocycles. The van der Waals surface area contributed by atoms with Crippen molar-refractivity contribution in [1.29, 1.82) is 0 Å². The monoisotopic (exact) mass is 372 g/mol. The first-order valence-electron chi connectivity index (χ1n) is 6.35. The minimum Gasteiger partial charge on any atom is -0.493 e. The summed E-state index contributed by atoms with van der Waals surface area (Å²) < 4.78 is 24.3. The van der Waals surface area contributed by atoms with Crippen molar-refractivity contribution in [1.82, 2.24) is 0 Å². The molecule has 0 N–H and O–H groups in total. The molecule has 0 fully saturated rings. The molecule has 0 radical (unpaired) electrons. The van der Waals surface area contributed by atoms with Crippen LogP contribution in [0.1, 0.15) is 16.5 Å². The van der Waals surface area contributed by atoms with E-state index in [0.717, 1.165) is 11.1 Å². The van der Waals surface area contributed by atoms with Crippen LogP contribution >= 0.6 is 27.5 Å². The average molecular weight is 374 g/mol. The summed E-state index contributed by atoms with van der Waals surface area (Å²) in [4.78, 5) is 0. The highest BCUT2D eigenvalue weighted by Gasteiger charge is 2.14. The predicted octanol–water partition coefficient (Wildman–Crippen LogP) is 5.13. The molecule has 1 unspecified atom stereocenters. The number of ether oxygens (including phenoxy) is 2. The van der Waals surface area contributed by atoms with Crippen LogP contribution in [0.15, 0.2) is 40.9 Å². The largest absolute Gasteiger partial charge is 0.493 e. The molecule has 2 aromatic rings. The van der Waals surface area contributed by atoms with Crippen molar-refractivity contribution < 1.29 is 13.9 Å². The molecule has 0 saturated heterocycles. The van der Waals surface area contributed by atoms with Crippen LogP contribution in [0, 0.1) is 5.82 Å². The van der Waals surface area contributed by atoms with Crippen molar-refractivity contribution >= 4 is 27.5 Å². The molecular weight excluding hydrogens is 359 g/mol. The molecule has 21 heavy (non-hydrogen) atoms. The van der Waals surface area contributed by atoms with E-state index in [1.165, 1.54) is 12.1 Å². The van der Waals surface area contributed by atoms with Crippen LogP contribution in [0.25, 0.3) is 0 Å². The van der Waals surface area contributed by atoms with Gasteiger partial charge in [0.05, 0.1) is 19.6 Å². The Kier molecular flexibility index (Phi) is 5.48. The van der Waals surface area contributed by atoms with E-state index in [1.807, 2.05) is 18.2 Å². The third-order valence-corrected chi connectivity index (χ3v) is 4.24. The van der Waals surface area contributed by atoms with Crippen LogP contribution in [0.5, 0.6) is 11.5 Å². The third-order valence-electron chi connectivity index (χ3n) is 3.16. The summed E-state index contributed by atoms with van der Waals surface area (Å²) in [6, 6.07) is 10.2. The number of benzene rings is 2. The van der Waals surface area contributed by atoms with Gasteiger partial charge in [0.15, 0.2) is 11.5 Å². The highest BCUT2D eigenvalue weighted by Crippen LogP contribution is 2.34. The van der Waals surface area contributed by atoms with Crippen molar-refractivity contribution in [3.8, 4) is 11.5 Å². The lowest BCUT2D eigenvalue weighted by atomic mass is 10.0. The van der Waals surface area contributed by atoms with Crippen molar-refractivity contribution in [2.45, 2.75) is 11.8 Å². The quantitative estimate of drug-likeness (QED) is 0.677. The minimum absolute atomic E-state index is 0.266. The Bertz CT molecular complexity index is 634. The molecule has 0 aliphatic carbocycles. The van der Waals surface area contributed by atoms with Gasteiger partial charge < -0.3 is 9.47 Å². The fourth-order valence-electron chi connectivity index (χ4n) is 2.08. The van der Waals surface area contributed by atoms with E-state index in [2.05, 4.69) is 15.9 Å². The smallest absolute Gasteiger partial charge is 0.160 e. The Balaban J connectivity index is 2.21.